The molecule has 0 spiro atoms. The molecule has 104 valence electrons. The van der Waals surface area contributed by atoms with E-state index >= 15 is 0 Å². The fourth-order valence-corrected chi connectivity index (χ4v) is 2.36. The van der Waals surface area contributed by atoms with E-state index in [1.54, 1.807) is 25.3 Å². The van der Waals surface area contributed by atoms with Crippen molar-refractivity contribution in [1.29, 1.82) is 0 Å². The number of anilines is 2. The van der Waals surface area contributed by atoms with Crippen LogP contribution in [0.3, 0.4) is 0 Å². The maximum atomic E-state index is 12.3. The van der Waals surface area contributed by atoms with Gasteiger partial charge in [0.15, 0.2) is 0 Å². The number of methoxy groups -OCH3 is 1. The van der Waals surface area contributed by atoms with E-state index in [4.69, 9.17) is 10.5 Å². The number of amides is 1. The van der Waals surface area contributed by atoms with Crippen molar-refractivity contribution in [1.82, 2.24) is 0 Å². The third-order valence-corrected chi connectivity index (χ3v) is 3.53. The Kier molecular flexibility index (Phi) is 4.29. The maximum absolute atomic E-state index is 12.3. The molecule has 0 aromatic heterocycles. The highest BCUT2D eigenvalue weighted by molar-refractivity contribution is 9.10. The molecule has 0 aliphatic rings. The first-order valence-electron chi connectivity index (χ1n) is 6.02. The third-order valence-electron chi connectivity index (χ3n) is 2.88. The quantitative estimate of drug-likeness (QED) is 0.843. The largest absolute Gasteiger partial charge is 0.497 e. The zero-order valence-electron chi connectivity index (χ0n) is 11.2. The molecular weight excluding hydrogens is 320 g/mol. The van der Waals surface area contributed by atoms with Crippen LogP contribution in [0.2, 0.25) is 0 Å². The summed E-state index contributed by atoms with van der Waals surface area (Å²) in [6.07, 6.45) is 0. The highest BCUT2D eigenvalue weighted by Crippen LogP contribution is 2.25. The number of hydrogen-bond acceptors (Lipinski definition) is 3. The van der Waals surface area contributed by atoms with Crippen molar-refractivity contribution < 1.29 is 9.53 Å². The number of carbonyl (C=O) groups excluding carboxylic acids is 1. The van der Waals surface area contributed by atoms with Crippen LogP contribution in [0.5, 0.6) is 5.75 Å². The zero-order valence-corrected chi connectivity index (χ0v) is 12.8. The van der Waals surface area contributed by atoms with Crippen LogP contribution in [0.4, 0.5) is 11.4 Å². The number of carbonyl (C=O) groups is 1. The van der Waals surface area contributed by atoms with Crippen LogP contribution < -0.4 is 15.8 Å². The second kappa shape index (κ2) is 5.96. The lowest BCUT2D eigenvalue weighted by atomic mass is 10.1. The molecule has 0 saturated carbocycles. The van der Waals surface area contributed by atoms with Crippen molar-refractivity contribution in [2.75, 3.05) is 18.2 Å². The molecular formula is C15H15BrN2O2. The van der Waals surface area contributed by atoms with E-state index in [1.807, 2.05) is 25.1 Å². The Balaban J connectivity index is 2.28. The topological polar surface area (TPSA) is 64.3 Å². The van der Waals surface area contributed by atoms with E-state index in [0.29, 0.717) is 22.7 Å². The third kappa shape index (κ3) is 3.11. The van der Waals surface area contributed by atoms with Gasteiger partial charge in [-0.3, -0.25) is 4.79 Å². The molecule has 0 atom stereocenters. The zero-order chi connectivity index (χ0) is 14.7. The average molecular weight is 335 g/mol. The van der Waals surface area contributed by atoms with E-state index in [2.05, 4.69) is 21.2 Å². The van der Waals surface area contributed by atoms with Gasteiger partial charge in [-0.05, 0) is 58.7 Å². The van der Waals surface area contributed by atoms with Gasteiger partial charge in [0.05, 0.1) is 18.4 Å². The molecule has 0 bridgehead atoms. The Morgan fingerprint density at radius 3 is 2.65 bits per heavy atom. The Bertz CT molecular complexity index is 656. The summed E-state index contributed by atoms with van der Waals surface area (Å²) in [6.45, 7) is 1.98. The van der Waals surface area contributed by atoms with Gasteiger partial charge in [0.25, 0.3) is 5.91 Å². The highest BCUT2D eigenvalue weighted by Gasteiger charge is 2.12. The Labute approximate surface area is 126 Å². The summed E-state index contributed by atoms with van der Waals surface area (Å²) in [5.41, 5.74) is 8.43. The van der Waals surface area contributed by atoms with E-state index in [9.17, 15) is 4.79 Å². The fraction of sp³-hybridized carbons (Fsp3) is 0.133. The lowest BCUT2D eigenvalue weighted by Gasteiger charge is -2.11. The number of nitrogens with one attached hydrogen (secondary N) is 1. The minimum atomic E-state index is -0.272. The van der Waals surface area contributed by atoms with Gasteiger partial charge >= 0.3 is 0 Å². The molecule has 0 aliphatic carbocycles. The Morgan fingerprint density at radius 1 is 1.25 bits per heavy atom. The number of hydrogen-bond donors (Lipinski definition) is 2. The van der Waals surface area contributed by atoms with Gasteiger partial charge in [-0.1, -0.05) is 6.07 Å². The normalized spacial score (nSPS) is 10.2. The van der Waals surface area contributed by atoms with Crippen LogP contribution in [0.25, 0.3) is 0 Å². The van der Waals surface area contributed by atoms with Crippen molar-refractivity contribution in [3.63, 3.8) is 0 Å². The van der Waals surface area contributed by atoms with E-state index in [0.717, 1.165) is 10.0 Å². The molecule has 3 N–H and O–H groups in total. The van der Waals surface area contributed by atoms with Crippen molar-refractivity contribution in [3.8, 4) is 5.75 Å². The summed E-state index contributed by atoms with van der Waals surface area (Å²) in [6, 6.07) is 10.7. The van der Waals surface area contributed by atoms with Gasteiger partial charge in [0.2, 0.25) is 0 Å². The van der Waals surface area contributed by atoms with Crippen molar-refractivity contribution in [2.24, 2.45) is 0 Å². The van der Waals surface area contributed by atoms with Gasteiger partial charge in [0.1, 0.15) is 5.75 Å². The van der Waals surface area contributed by atoms with Crippen molar-refractivity contribution in [3.05, 3.63) is 52.0 Å². The predicted molar refractivity (Wildman–Crippen MR) is 84.2 cm³/mol. The molecule has 0 fully saturated rings. The van der Waals surface area contributed by atoms with Gasteiger partial charge in [-0.2, -0.15) is 0 Å². The van der Waals surface area contributed by atoms with Crippen molar-refractivity contribution >= 4 is 33.2 Å². The molecule has 2 rings (SSSR count). The fourth-order valence-electron chi connectivity index (χ4n) is 1.77. The lowest BCUT2D eigenvalue weighted by Crippen LogP contribution is -2.14. The summed E-state index contributed by atoms with van der Waals surface area (Å²) in [5, 5.41) is 2.82. The number of nitrogen functional groups attached to an aromatic ring is 1. The summed E-state index contributed by atoms with van der Waals surface area (Å²) in [4.78, 5) is 12.3. The minimum Gasteiger partial charge on any atom is -0.497 e. The van der Waals surface area contributed by atoms with Crippen LogP contribution >= 0.6 is 15.9 Å². The smallest absolute Gasteiger partial charge is 0.257 e. The molecule has 0 unspecified atom stereocenters. The number of benzene rings is 2. The van der Waals surface area contributed by atoms with Gasteiger partial charge in [-0.25, -0.2) is 0 Å². The van der Waals surface area contributed by atoms with Crippen LogP contribution in [0, 0.1) is 6.92 Å². The molecule has 0 saturated heterocycles. The number of aryl methyl sites for hydroxylation is 1. The molecule has 0 aliphatic heterocycles. The standard InChI is InChI=1S/C15H15BrN2O2/c1-9-3-6-14(12(16)7-9)18-15(19)11-8-10(20-2)4-5-13(11)17/h3-8H,17H2,1-2H3,(H,18,19). The van der Waals surface area contributed by atoms with Crippen LogP contribution in [-0.2, 0) is 0 Å². The molecule has 2 aromatic rings. The number of nitrogens with two attached hydrogens (primary N) is 1. The Morgan fingerprint density at radius 2 is 2.00 bits per heavy atom. The second-order valence-electron chi connectivity index (χ2n) is 4.39. The molecule has 0 heterocycles. The van der Waals surface area contributed by atoms with E-state index < -0.39 is 0 Å². The summed E-state index contributed by atoms with van der Waals surface area (Å²) in [5.74, 6) is 0.318. The van der Waals surface area contributed by atoms with Crippen molar-refractivity contribution in [2.45, 2.75) is 6.92 Å². The van der Waals surface area contributed by atoms with Crippen LogP contribution in [0.15, 0.2) is 40.9 Å². The summed E-state index contributed by atoms with van der Waals surface area (Å²) < 4.78 is 5.93. The van der Waals surface area contributed by atoms with E-state index in [1.165, 1.54) is 0 Å². The molecule has 20 heavy (non-hydrogen) atoms. The first kappa shape index (κ1) is 14.4. The monoisotopic (exact) mass is 334 g/mol. The first-order chi connectivity index (χ1) is 9.51. The predicted octanol–water partition coefficient (Wildman–Crippen LogP) is 3.60. The van der Waals surface area contributed by atoms with Gasteiger partial charge < -0.3 is 15.8 Å². The minimum absolute atomic E-state index is 0.272. The summed E-state index contributed by atoms with van der Waals surface area (Å²) >= 11 is 3.42. The number of halogens is 1. The molecule has 5 heteroatoms. The first-order valence-corrected chi connectivity index (χ1v) is 6.81. The second-order valence-corrected chi connectivity index (χ2v) is 5.24. The van der Waals surface area contributed by atoms with Crippen LogP contribution in [0.1, 0.15) is 15.9 Å². The van der Waals surface area contributed by atoms with E-state index in [-0.39, 0.29) is 5.91 Å². The molecule has 0 radical (unpaired) electrons. The molecule has 1 amide bonds. The van der Waals surface area contributed by atoms with Gasteiger partial charge in [0, 0.05) is 10.2 Å². The maximum Gasteiger partial charge on any atom is 0.257 e. The average Bonchev–Trinajstić information content (AvgIpc) is 2.42. The highest BCUT2D eigenvalue weighted by atomic mass is 79.9. The Hall–Kier alpha value is -2.01. The number of rotatable bonds is 3. The molecule has 4 nitrogen and oxygen atoms in total. The summed E-state index contributed by atoms with van der Waals surface area (Å²) in [7, 11) is 1.55. The SMILES string of the molecule is COc1ccc(N)c(C(=O)Nc2ccc(C)cc2Br)c1. The van der Waals surface area contributed by atoms with Crippen LogP contribution in [-0.4, -0.2) is 13.0 Å². The lowest BCUT2D eigenvalue weighted by molar-refractivity contribution is 0.102. The van der Waals surface area contributed by atoms with Gasteiger partial charge in [-0.15, -0.1) is 0 Å². The molecule has 2 aromatic carbocycles. The number of ether oxygens (including phenoxy) is 1.